The summed E-state index contributed by atoms with van der Waals surface area (Å²) in [7, 11) is 5.57. The van der Waals surface area contributed by atoms with E-state index in [0.29, 0.717) is 5.56 Å². The summed E-state index contributed by atoms with van der Waals surface area (Å²) in [6, 6.07) is 3.13. The molecule has 0 fully saturated rings. The quantitative estimate of drug-likeness (QED) is 0.635. The largest absolute Gasteiger partial charge is 0.508 e. The number of phenolic OH excluding ortho intramolecular Hbond substituents is 1. The van der Waals surface area contributed by atoms with Gasteiger partial charge in [-0.15, -0.1) is 0 Å². The number of aromatic hydroxyl groups is 1. The first-order chi connectivity index (χ1) is 8.70. The maximum Gasteiger partial charge on any atom is 0.338 e. The standard InChI is InChI=1S/C13H18O3.CH3OSi/c1-8-9(12(15)16-5)6-7-10(14)11(8)13(2,3)4;1-2-3/h6-7,14H,1-5H3;1H3. The Hall–Kier alpha value is -1.33. The van der Waals surface area contributed by atoms with E-state index in [1.807, 2.05) is 27.7 Å². The van der Waals surface area contributed by atoms with Gasteiger partial charge in [-0.25, -0.2) is 4.79 Å². The minimum atomic E-state index is -0.372. The molecule has 105 valence electrons. The highest BCUT2D eigenvalue weighted by Crippen LogP contribution is 2.35. The van der Waals surface area contributed by atoms with Crippen molar-refractivity contribution in [2.45, 2.75) is 33.1 Å². The van der Waals surface area contributed by atoms with Crippen molar-refractivity contribution in [2.75, 3.05) is 14.2 Å². The average Bonchev–Trinajstić information content (AvgIpc) is 2.27. The Morgan fingerprint density at radius 1 is 1.26 bits per heavy atom. The van der Waals surface area contributed by atoms with Crippen LogP contribution >= 0.6 is 0 Å². The number of hydrogen-bond acceptors (Lipinski definition) is 4. The molecule has 0 saturated carbocycles. The van der Waals surface area contributed by atoms with E-state index in [4.69, 9.17) is 4.74 Å². The van der Waals surface area contributed by atoms with Gasteiger partial charge in [0.1, 0.15) is 5.75 Å². The Morgan fingerprint density at radius 3 is 2.11 bits per heavy atom. The molecular formula is C14H21O4Si. The lowest BCUT2D eigenvalue weighted by atomic mass is 9.82. The second kappa shape index (κ2) is 7.30. The van der Waals surface area contributed by atoms with Crippen molar-refractivity contribution in [2.24, 2.45) is 0 Å². The van der Waals surface area contributed by atoms with Crippen LogP contribution in [0.2, 0.25) is 0 Å². The number of ether oxygens (including phenoxy) is 1. The molecule has 0 spiro atoms. The van der Waals surface area contributed by atoms with Crippen LogP contribution in [-0.4, -0.2) is 35.8 Å². The van der Waals surface area contributed by atoms with Gasteiger partial charge in [0, 0.05) is 12.7 Å². The Labute approximate surface area is 118 Å². The van der Waals surface area contributed by atoms with Crippen LogP contribution in [0.25, 0.3) is 0 Å². The number of esters is 1. The van der Waals surface area contributed by atoms with Crippen LogP contribution in [0, 0.1) is 6.92 Å². The van der Waals surface area contributed by atoms with Gasteiger partial charge in [-0.1, -0.05) is 20.8 Å². The highest BCUT2D eigenvalue weighted by Gasteiger charge is 2.24. The highest BCUT2D eigenvalue weighted by molar-refractivity contribution is 5.97. The van der Waals surface area contributed by atoms with Crippen LogP contribution in [0.5, 0.6) is 5.75 Å². The smallest absolute Gasteiger partial charge is 0.338 e. The van der Waals surface area contributed by atoms with Crippen LogP contribution in [0.3, 0.4) is 0 Å². The van der Waals surface area contributed by atoms with E-state index in [1.54, 1.807) is 12.1 Å². The summed E-state index contributed by atoms with van der Waals surface area (Å²) in [5.74, 6) is -0.152. The van der Waals surface area contributed by atoms with Gasteiger partial charge in [-0.3, -0.25) is 0 Å². The number of methoxy groups -OCH3 is 1. The molecule has 1 N–H and O–H groups in total. The summed E-state index contributed by atoms with van der Waals surface area (Å²) in [6.45, 7) is 7.81. The van der Waals surface area contributed by atoms with Crippen molar-refractivity contribution in [3.63, 3.8) is 0 Å². The molecule has 19 heavy (non-hydrogen) atoms. The second-order valence-electron chi connectivity index (χ2n) is 5.08. The first-order valence-corrected chi connectivity index (χ1v) is 6.22. The second-order valence-corrected chi connectivity index (χ2v) is 5.49. The summed E-state index contributed by atoms with van der Waals surface area (Å²) in [5, 5.41) is 9.85. The summed E-state index contributed by atoms with van der Waals surface area (Å²) >= 11 is 0. The Kier molecular flexibility index (Phi) is 6.79. The van der Waals surface area contributed by atoms with Crippen LogP contribution in [0.1, 0.15) is 42.3 Å². The number of benzene rings is 1. The molecule has 3 radical (unpaired) electrons. The molecule has 1 rings (SSSR count). The van der Waals surface area contributed by atoms with Gasteiger partial charge < -0.3 is 14.3 Å². The third-order valence-electron chi connectivity index (χ3n) is 2.60. The van der Waals surface area contributed by atoms with E-state index in [1.165, 1.54) is 14.2 Å². The zero-order chi connectivity index (χ0) is 15.2. The van der Waals surface area contributed by atoms with Gasteiger partial charge in [0.05, 0.1) is 12.7 Å². The monoisotopic (exact) mass is 281 g/mol. The number of rotatable bonds is 1. The lowest BCUT2D eigenvalue weighted by Gasteiger charge is -2.24. The van der Waals surface area contributed by atoms with Crippen molar-refractivity contribution in [1.29, 1.82) is 0 Å². The Bertz CT molecular complexity index is 436. The predicted molar refractivity (Wildman–Crippen MR) is 75.6 cm³/mol. The fourth-order valence-corrected chi connectivity index (χ4v) is 1.98. The zero-order valence-electron chi connectivity index (χ0n) is 12.3. The van der Waals surface area contributed by atoms with E-state index in [2.05, 4.69) is 14.9 Å². The topological polar surface area (TPSA) is 55.8 Å². The van der Waals surface area contributed by atoms with Gasteiger partial charge in [-0.05, 0) is 30.0 Å². The molecule has 0 heterocycles. The molecule has 5 heteroatoms. The van der Waals surface area contributed by atoms with E-state index in [-0.39, 0.29) is 17.1 Å². The van der Waals surface area contributed by atoms with Crippen molar-refractivity contribution in [1.82, 2.24) is 0 Å². The molecular weight excluding hydrogens is 260 g/mol. The summed E-state index contributed by atoms with van der Waals surface area (Å²) in [4.78, 5) is 11.5. The fraction of sp³-hybridized carbons (Fsp3) is 0.500. The number of carbonyl (C=O) groups is 1. The van der Waals surface area contributed by atoms with Gasteiger partial charge in [-0.2, -0.15) is 0 Å². The Balaban J connectivity index is 0.000000982. The molecule has 0 bridgehead atoms. The van der Waals surface area contributed by atoms with Crippen LogP contribution in [0.4, 0.5) is 0 Å². The molecule has 0 atom stereocenters. The fourth-order valence-electron chi connectivity index (χ4n) is 1.98. The number of hydrogen-bond donors (Lipinski definition) is 1. The first-order valence-electron chi connectivity index (χ1n) is 5.81. The molecule has 0 amide bonds. The predicted octanol–water partition coefficient (Wildman–Crippen LogP) is 2.50. The maximum atomic E-state index is 11.5. The van der Waals surface area contributed by atoms with Crippen molar-refractivity contribution >= 4 is 16.5 Å². The van der Waals surface area contributed by atoms with E-state index >= 15 is 0 Å². The Morgan fingerprint density at radius 2 is 1.74 bits per heavy atom. The SMILES string of the molecule is COC(=O)c1ccc(O)c(C(C)(C)C)c1C.CO[Si]. The maximum absolute atomic E-state index is 11.5. The van der Waals surface area contributed by atoms with E-state index < -0.39 is 0 Å². The average molecular weight is 281 g/mol. The molecule has 1 aromatic carbocycles. The lowest BCUT2D eigenvalue weighted by molar-refractivity contribution is 0.0599. The summed E-state index contributed by atoms with van der Waals surface area (Å²) in [5.41, 5.74) is 1.86. The van der Waals surface area contributed by atoms with Gasteiger partial charge in [0.2, 0.25) is 10.5 Å². The van der Waals surface area contributed by atoms with Gasteiger partial charge in [0.15, 0.2) is 0 Å². The van der Waals surface area contributed by atoms with Gasteiger partial charge in [0.25, 0.3) is 0 Å². The van der Waals surface area contributed by atoms with Crippen LogP contribution < -0.4 is 0 Å². The van der Waals surface area contributed by atoms with Crippen LogP contribution in [0.15, 0.2) is 12.1 Å². The molecule has 0 unspecified atom stereocenters. The lowest BCUT2D eigenvalue weighted by Crippen LogP contribution is -2.16. The van der Waals surface area contributed by atoms with E-state index in [9.17, 15) is 9.90 Å². The minimum absolute atomic E-state index is 0.210. The zero-order valence-corrected chi connectivity index (χ0v) is 13.3. The molecule has 0 aromatic heterocycles. The third kappa shape index (κ3) is 4.68. The van der Waals surface area contributed by atoms with Gasteiger partial charge >= 0.3 is 5.97 Å². The molecule has 0 saturated heterocycles. The summed E-state index contributed by atoms with van der Waals surface area (Å²) < 4.78 is 8.76. The summed E-state index contributed by atoms with van der Waals surface area (Å²) in [6.07, 6.45) is 0. The number of phenols is 1. The van der Waals surface area contributed by atoms with Crippen molar-refractivity contribution < 1.29 is 19.1 Å². The molecule has 1 aromatic rings. The highest BCUT2D eigenvalue weighted by atomic mass is 28.2. The molecule has 0 aliphatic rings. The number of carbonyl (C=O) groups excluding carboxylic acids is 1. The van der Waals surface area contributed by atoms with Crippen molar-refractivity contribution in [3.8, 4) is 5.75 Å². The molecule has 0 aliphatic carbocycles. The first kappa shape index (κ1) is 17.7. The molecule has 4 nitrogen and oxygen atoms in total. The normalized spacial score (nSPS) is 10.5. The van der Waals surface area contributed by atoms with Crippen LogP contribution in [-0.2, 0) is 14.6 Å². The minimum Gasteiger partial charge on any atom is -0.508 e. The third-order valence-corrected chi connectivity index (χ3v) is 2.60. The van der Waals surface area contributed by atoms with E-state index in [0.717, 1.165) is 11.1 Å². The molecule has 0 aliphatic heterocycles. The van der Waals surface area contributed by atoms with Crippen molar-refractivity contribution in [3.05, 3.63) is 28.8 Å².